The van der Waals surface area contributed by atoms with E-state index in [2.05, 4.69) is 19.9 Å². The van der Waals surface area contributed by atoms with Crippen LogP contribution in [0.1, 0.15) is 12.8 Å². The molecule has 0 bridgehead atoms. The lowest BCUT2D eigenvalue weighted by molar-refractivity contribution is -0.131. The number of amides is 2. The molecule has 1 aromatic rings. The lowest BCUT2D eigenvalue weighted by atomic mass is 9.96. The molecular weight excluding hydrogens is 342 g/mol. The number of aliphatic imine (C=N–C) groups is 2. The molecule has 1 atom stereocenters. The van der Waals surface area contributed by atoms with E-state index in [0.717, 1.165) is 18.9 Å². The highest BCUT2D eigenvalue weighted by atomic mass is 16.2. The minimum atomic E-state index is -0.367. The van der Waals surface area contributed by atoms with Crippen LogP contribution in [-0.4, -0.2) is 59.4 Å². The average Bonchev–Trinajstić information content (AvgIpc) is 2.73. The van der Waals surface area contributed by atoms with Gasteiger partial charge in [0, 0.05) is 45.2 Å². The summed E-state index contributed by atoms with van der Waals surface area (Å²) < 4.78 is 0. The van der Waals surface area contributed by atoms with Gasteiger partial charge in [-0.3, -0.25) is 9.59 Å². The highest BCUT2D eigenvalue weighted by molar-refractivity contribution is 6.21. The molecule has 1 saturated heterocycles. The first kappa shape index (κ1) is 17.3. The van der Waals surface area contributed by atoms with Gasteiger partial charge in [0.05, 0.1) is 5.71 Å². The lowest BCUT2D eigenvalue weighted by Crippen LogP contribution is -2.49. The first-order valence-corrected chi connectivity index (χ1v) is 9.19. The standard InChI is InChI=1S/C20H21N5O2/c26-19(25-13-11-24(12-14-25)18-7-3-4-10-21-18)9-8-17-22-16-6-2-1-5-15(16)20(27)23-17/h1-7,10,15H,8-9,11-14H2. The first-order valence-electron chi connectivity index (χ1n) is 9.19. The second-order valence-electron chi connectivity index (χ2n) is 6.68. The SMILES string of the molecule is O=C1N=C(CCC(=O)N2CCN(c3ccccn3)CC2)N=C2C=CC=CC12. The maximum atomic E-state index is 12.5. The maximum Gasteiger partial charge on any atom is 0.260 e. The van der Waals surface area contributed by atoms with Crippen LogP contribution >= 0.6 is 0 Å². The molecule has 7 heteroatoms. The molecule has 27 heavy (non-hydrogen) atoms. The highest BCUT2D eigenvalue weighted by Gasteiger charge is 2.27. The molecule has 7 nitrogen and oxygen atoms in total. The van der Waals surface area contributed by atoms with E-state index in [4.69, 9.17) is 0 Å². The van der Waals surface area contributed by atoms with Gasteiger partial charge in [-0.05, 0) is 18.2 Å². The lowest BCUT2D eigenvalue weighted by Gasteiger charge is -2.35. The summed E-state index contributed by atoms with van der Waals surface area (Å²) >= 11 is 0. The van der Waals surface area contributed by atoms with Gasteiger partial charge in [0.25, 0.3) is 5.91 Å². The van der Waals surface area contributed by atoms with Crippen LogP contribution in [0.15, 0.2) is 58.7 Å². The molecule has 2 amide bonds. The fourth-order valence-electron chi connectivity index (χ4n) is 3.43. The second-order valence-corrected chi connectivity index (χ2v) is 6.68. The molecular formula is C20H21N5O2. The number of hydrogen-bond donors (Lipinski definition) is 0. The van der Waals surface area contributed by atoms with Crippen molar-refractivity contribution >= 4 is 29.2 Å². The number of rotatable bonds is 4. The second kappa shape index (κ2) is 7.65. The molecule has 0 aromatic carbocycles. The number of nitrogens with zero attached hydrogens (tertiary/aromatic N) is 5. The summed E-state index contributed by atoms with van der Waals surface area (Å²) in [6.45, 7) is 2.88. The van der Waals surface area contributed by atoms with Gasteiger partial charge >= 0.3 is 0 Å². The van der Waals surface area contributed by atoms with Crippen LogP contribution in [0, 0.1) is 5.92 Å². The van der Waals surface area contributed by atoms with E-state index >= 15 is 0 Å². The van der Waals surface area contributed by atoms with Crippen molar-refractivity contribution in [2.45, 2.75) is 12.8 Å². The number of hydrogen-bond acceptors (Lipinski definition) is 5. The Labute approximate surface area is 157 Å². The van der Waals surface area contributed by atoms with Gasteiger partial charge < -0.3 is 9.80 Å². The minimum Gasteiger partial charge on any atom is -0.353 e. The van der Waals surface area contributed by atoms with Crippen LogP contribution in [0.25, 0.3) is 0 Å². The summed E-state index contributed by atoms with van der Waals surface area (Å²) in [5, 5.41) is 0. The van der Waals surface area contributed by atoms with Gasteiger partial charge in [0.2, 0.25) is 5.91 Å². The van der Waals surface area contributed by atoms with Crippen molar-refractivity contribution in [3.8, 4) is 0 Å². The quantitative estimate of drug-likeness (QED) is 0.815. The van der Waals surface area contributed by atoms with Crippen molar-refractivity contribution in [2.75, 3.05) is 31.1 Å². The van der Waals surface area contributed by atoms with E-state index in [-0.39, 0.29) is 17.7 Å². The van der Waals surface area contributed by atoms with Crippen molar-refractivity contribution in [1.29, 1.82) is 0 Å². The minimum absolute atomic E-state index is 0.0761. The molecule has 0 radical (unpaired) electrons. The van der Waals surface area contributed by atoms with Gasteiger partial charge in [-0.2, -0.15) is 4.99 Å². The summed E-state index contributed by atoms with van der Waals surface area (Å²) in [5.41, 5.74) is 0.712. The van der Waals surface area contributed by atoms with Crippen LogP contribution in [0.3, 0.4) is 0 Å². The number of aromatic nitrogens is 1. The summed E-state index contributed by atoms with van der Waals surface area (Å²) in [5.74, 6) is 0.902. The van der Waals surface area contributed by atoms with Gasteiger partial charge in [-0.25, -0.2) is 9.98 Å². The Bertz CT molecular complexity index is 848. The van der Waals surface area contributed by atoms with E-state index < -0.39 is 0 Å². The third kappa shape index (κ3) is 3.86. The Hall–Kier alpha value is -3.09. The predicted molar refractivity (Wildman–Crippen MR) is 104 cm³/mol. The largest absolute Gasteiger partial charge is 0.353 e. The predicted octanol–water partition coefficient (Wildman–Crippen LogP) is 1.63. The molecule has 1 aliphatic carbocycles. The number of carbonyl (C=O) groups excluding carboxylic acids is 2. The fourth-order valence-corrected chi connectivity index (χ4v) is 3.43. The zero-order valence-corrected chi connectivity index (χ0v) is 15.0. The zero-order chi connectivity index (χ0) is 18.6. The smallest absolute Gasteiger partial charge is 0.260 e. The van der Waals surface area contributed by atoms with E-state index in [9.17, 15) is 9.59 Å². The molecule has 4 rings (SSSR count). The Morgan fingerprint density at radius 1 is 1.11 bits per heavy atom. The summed E-state index contributed by atoms with van der Waals surface area (Å²) in [6.07, 6.45) is 9.80. The molecule has 3 aliphatic rings. The molecule has 0 N–H and O–H groups in total. The van der Waals surface area contributed by atoms with E-state index in [1.807, 2.05) is 41.3 Å². The number of fused-ring (bicyclic) bond motifs is 1. The topological polar surface area (TPSA) is 78.2 Å². The average molecular weight is 363 g/mol. The molecule has 3 heterocycles. The van der Waals surface area contributed by atoms with E-state index in [1.54, 1.807) is 12.3 Å². The number of piperazine rings is 1. The van der Waals surface area contributed by atoms with Crippen molar-refractivity contribution in [3.05, 3.63) is 48.7 Å². The summed E-state index contributed by atoms with van der Waals surface area (Å²) in [7, 11) is 0. The molecule has 2 aliphatic heterocycles. The van der Waals surface area contributed by atoms with Crippen molar-refractivity contribution < 1.29 is 9.59 Å². The van der Waals surface area contributed by atoms with Gasteiger partial charge in [-0.15, -0.1) is 0 Å². The third-order valence-electron chi connectivity index (χ3n) is 4.93. The Kier molecular flexibility index (Phi) is 4.91. The molecule has 1 aromatic heterocycles. The van der Waals surface area contributed by atoms with Crippen LogP contribution in [0.5, 0.6) is 0 Å². The van der Waals surface area contributed by atoms with Crippen LogP contribution in [-0.2, 0) is 9.59 Å². The highest BCUT2D eigenvalue weighted by Crippen LogP contribution is 2.18. The normalized spacial score (nSPS) is 21.6. The van der Waals surface area contributed by atoms with Gasteiger partial charge in [0.15, 0.2) is 0 Å². The molecule has 0 spiro atoms. The number of amidine groups is 1. The van der Waals surface area contributed by atoms with Crippen LogP contribution in [0.2, 0.25) is 0 Å². The monoisotopic (exact) mass is 363 g/mol. The van der Waals surface area contributed by atoms with Gasteiger partial charge in [-0.1, -0.05) is 24.3 Å². The molecule has 1 fully saturated rings. The zero-order valence-electron chi connectivity index (χ0n) is 15.0. The molecule has 138 valence electrons. The Morgan fingerprint density at radius 2 is 1.96 bits per heavy atom. The third-order valence-corrected chi connectivity index (χ3v) is 4.93. The van der Waals surface area contributed by atoms with Crippen molar-refractivity contribution in [1.82, 2.24) is 9.88 Å². The van der Waals surface area contributed by atoms with Crippen molar-refractivity contribution in [2.24, 2.45) is 15.9 Å². The fraction of sp³-hybridized carbons (Fsp3) is 0.350. The van der Waals surface area contributed by atoms with Crippen LogP contribution in [0.4, 0.5) is 5.82 Å². The number of allylic oxidation sites excluding steroid dienone is 3. The van der Waals surface area contributed by atoms with E-state index in [1.165, 1.54) is 0 Å². The number of carbonyl (C=O) groups is 2. The first-order chi connectivity index (χ1) is 13.2. The summed E-state index contributed by atoms with van der Waals surface area (Å²) in [6, 6.07) is 5.85. The maximum absolute atomic E-state index is 12.5. The summed E-state index contributed by atoms with van der Waals surface area (Å²) in [4.78, 5) is 41.5. The molecule has 1 unspecified atom stereocenters. The molecule has 0 saturated carbocycles. The van der Waals surface area contributed by atoms with Gasteiger partial charge in [0.1, 0.15) is 17.6 Å². The van der Waals surface area contributed by atoms with Crippen LogP contribution < -0.4 is 4.90 Å². The number of anilines is 1. The van der Waals surface area contributed by atoms with Crippen molar-refractivity contribution in [3.63, 3.8) is 0 Å². The number of pyridine rings is 1. The Balaban J connectivity index is 1.29. The Morgan fingerprint density at radius 3 is 2.74 bits per heavy atom. The van der Waals surface area contributed by atoms with E-state index in [0.29, 0.717) is 37.5 Å².